The second-order valence-electron chi connectivity index (χ2n) is 6.98. The average molecular weight is 443 g/mol. The molecule has 2 heterocycles. The Hall–Kier alpha value is -4.27. The summed E-state index contributed by atoms with van der Waals surface area (Å²) >= 11 is 1.17. The molecule has 1 aromatic heterocycles. The average Bonchev–Trinajstić information content (AvgIpc) is 3.15. The first kappa shape index (κ1) is 21.0. The lowest BCUT2D eigenvalue weighted by Crippen LogP contribution is -2.38. The van der Waals surface area contributed by atoms with Crippen molar-refractivity contribution >= 4 is 28.8 Å². The Morgan fingerprint density at radius 1 is 1.03 bits per heavy atom. The molecule has 0 aliphatic carbocycles. The van der Waals surface area contributed by atoms with E-state index in [4.69, 9.17) is 15.2 Å². The summed E-state index contributed by atoms with van der Waals surface area (Å²) in [5.41, 5.74) is 7.82. The molecule has 0 bridgehead atoms. The van der Waals surface area contributed by atoms with Crippen LogP contribution < -0.4 is 30.0 Å². The zero-order valence-corrected chi connectivity index (χ0v) is 18.1. The van der Waals surface area contributed by atoms with Crippen LogP contribution in [0.15, 0.2) is 58.9 Å². The first-order chi connectivity index (χ1) is 15.5. The van der Waals surface area contributed by atoms with Crippen molar-refractivity contribution in [1.29, 1.82) is 10.5 Å². The molecule has 0 radical (unpaired) electrons. The molecule has 1 aliphatic rings. The molecule has 0 unspecified atom stereocenters. The molecule has 158 valence electrons. The van der Waals surface area contributed by atoms with Gasteiger partial charge in [0.25, 0.3) is 5.56 Å². The number of thiazole rings is 1. The van der Waals surface area contributed by atoms with Crippen LogP contribution in [0, 0.1) is 22.7 Å². The number of hydrogen-bond acceptors (Lipinski definition) is 7. The van der Waals surface area contributed by atoms with Crippen molar-refractivity contribution in [2.75, 3.05) is 14.2 Å². The molecule has 2 aromatic carbocycles. The summed E-state index contributed by atoms with van der Waals surface area (Å²) in [5, 5.41) is 19.9. The number of ether oxygens (including phenoxy) is 2. The molecule has 0 fully saturated rings. The van der Waals surface area contributed by atoms with Gasteiger partial charge in [0.1, 0.15) is 22.0 Å². The summed E-state index contributed by atoms with van der Waals surface area (Å²) in [6.07, 6.45) is 1.72. The van der Waals surface area contributed by atoms with E-state index in [2.05, 4.69) is 12.1 Å². The molecule has 0 saturated heterocycles. The van der Waals surface area contributed by atoms with Crippen LogP contribution in [-0.2, 0) is 0 Å². The highest BCUT2D eigenvalue weighted by Crippen LogP contribution is 2.36. The lowest BCUT2D eigenvalue weighted by atomic mass is 9.84. The van der Waals surface area contributed by atoms with Crippen LogP contribution >= 0.6 is 11.3 Å². The Balaban J connectivity index is 2.02. The number of benzene rings is 2. The molecule has 32 heavy (non-hydrogen) atoms. The van der Waals surface area contributed by atoms with E-state index < -0.39 is 5.92 Å². The molecule has 0 spiro atoms. The minimum absolute atomic E-state index is 0.0286. The fraction of sp³-hybridized carbons (Fsp3) is 0.125. The molecule has 0 saturated carbocycles. The molecule has 4 rings (SSSR count). The first-order valence-corrected chi connectivity index (χ1v) is 10.4. The number of nitrogens with zero attached hydrogens (tertiary/aromatic N) is 3. The maximum atomic E-state index is 13.2. The maximum absolute atomic E-state index is 13.2. The van der Waals surface area contributed by atoms with Gasteiger partial charge in [0.05, 0.1) is 48.0 Å². The van der Waals surface area contributed by atoms with Crippen LogP contribution in [0.3, 0.4) is 0 Å². The Morgan fingerprint density at radius 2 is 1.69 bits per heavy atom. The Labute approximate surface area is 187 Å². The van der Waals surface area contributed by atoms with Crippen LogP contribution in [0.2, 0.25) is 0 Å². The third-order valence-corrected chi connectivity index (χ3v) is 6.32. The monoisotopic (exact) mass is 442 g/mol. The second-order valence-corrected chi connectivity index (χ2v) is 8.01. The largest absolute Gasteiger partial charge is 0.497 e. The van der Waals surface area contributed by atoms with E-state index >= 15 is 0 Å². The van der Waals surface area contributed by atoms with Gasteiger partial charge in [0.2, 0.25) is 0 Å². The minimum Gasteiger partial charge on any atom is -0.497 e. The molecule has 1 aliphatic heterocycles. The predicted molar refractivity (Wildman–Crippen MR) is 122 cm³/mol. The van der Waals surface area contributed by atoms with E-state index in [0.717, 1.165) is 5.56 Å². The zero-order chi connectivity index (χ0) is 22.8. The van der Waals surface area contributed by atoms with Gasteiger partial charge in [-0.2, -0.15) is 10.5 Å². The molecule has 8 heteroatoms. The second kappa shape index (κ2) is 8.46. The van der Waals surface area contributed by atoms with Crippen LogP contribution in [0.25, 0.3) is 17.5 Å². The SMILES string of the molecule is COc1cccc(C=c2sc3n(c2=O)C(N)=C(C#N)[C@@H](c2cccc(OC)c2)C=3C#N)c1. The van der Waals surface area contributed by atoms with E-state index in [0.29, 0.717) is 26.3 Å². The smallest absolute Gasteiger partial charge is 0.274 e. The summed E-state index contributed by atoms with van der Waals surface area (Å²) in [7, 11) is 3.11. The van der Waals surface area contributed by atoms with Crippen LogP contribution in [0.5, 0.6) is 11.5 Å². The summed E-state index contributed by atoms with van der Waals surface area (Å²) < 4.78 is 12.6. The van der Waals surface area contributed by atoms with Crippen LogP contribution in [-0.4, -0.2) is 18.8 Å². The normalized spacial score (nSPS) is 15.7. The van der Waals surface area contributed by atoms with Gasteiger partial charge in [-0.25, -0.2) is 0 Å². The molecule has 2 N–H and O–H groups in total. The van der Waals surface area contributed by atoms with Crippen molar-refractivity contribution in [3.8, 4) is 23.6 Å². The molecule has 0 amide bonds. The maximum Gasteiger partial charge on any atom is 0.274 e. The fourth-order valence-electron chi connectivity index (χ4n) is 3.69. The van der Waals surface area contributed by atoms with Gasteiger partial charge in [-0.1, -0.05) is 24.3 Å². The lowest BCUT2D eigenvalue weighted by Gasteiger charge is -2.22. The third kappa shape index (κ3) is 3.43. The number of nitriles is 2. The number of hydrogen-bond donors (Lipinski definition) is 1. The Morgan fingerprint density at radius 3 is 2.34 bits per heavy atom. The van der Waals surface area contributed by atoms with Gasteiger partial charge < -0.3 is 15.2 Å². The molecule has 1 atom stereocenters. The van der Waals surface area contributed by atoms with Crippen molar-refractivity contribution in [3.63, 3.8) is 0 Å². The van der Waals surface area contributed by atoms with Crippen molar-refractivity contribution in [2.24, 2.45) is 5.73 Å². The summed E-state index contributed by atoms with van der Waals surface area (Å²) in [6, 6.07) is 18.7. The van der Waals surface area contributed by atoms with Crippen molar-refractivity contribution in [1.82, 2.24) is 4.57 Å². The van der Waals surface area contributed by atoms with E-state index in [1.54, 1.807) is 50.6 Å². The highest BCUT2D eigenvalue weighted by Gasteiger charge is 2.32. The Kier molecular flexibility index (Phi) is 5.55. The van der Waals surface area contributed by atoms with Crippen LogP contribution in [0.1, 0.15) is 17.0 Å². The van der Waals surface area contributed by atoms with Gasteiger partial charge in [-0.3, -0.25) is 9.36 Å². The number of nitrogens with two attached hydrogens (primary N) is 1. The van der Waals surface area contributed by atoms with Gasteiger partial charge in [0, 0.05) is 0 Å². The van der Waals surface area contributed by atoms with Crippen molar-refractivity contribution in [2.45, 2.75) is 5.92 Å². The quantitative estimate of drug-likeness (QED) is 0.660. The molecule has 7 nitrogen and oxygen atoms in total. The number of rotatable bonds is 4. The van der Waals surface area contributed by atoms with E-state index in [1.165, 1.54) is 15.9 Å². The topological polar surface area (TPSA) is 114 Å². The van der Waals surface area contributed by atoms with Crippen LogP contribution in [0.4, 0.5) is 0 Å². The molecular weight excluding hydrogens is 424 g/mol. The number of allylic oxidation sites excluding steroid dienone is 1. The van der Waals surface area contributed by atoms with Gasteiger partial charge in [0.15, 0.2) is 0 Å². The molecular formula is C24H18N4O3S. The van der Waals surface area contributed by atoms with Crippen molar-refractivity contribution in [3.05, 3.63) is 84.8 Å². The number of aromatic nitrogens is 1. The van der Waals surface area contributed by atoms with Gasteiger partial charge in [-0.15, -0.1) is 11.3 Å². The first-order valence-electron chi connectivity index (χ1n) is 9.58. The van der Waals surface area contributed by atoms with E-state index in [-0.39, 0.29) is 22.5 Å². The third-order valence-electron chi connectivity index (χ3n) is 5.21. The van der Waals surface area contributed by atoms with Gasteiger partial charge >= 0.3 is 0 Å². The lowest BCUT2D eigenvalue weighted by molar-refractivity contribution is 0.414. The van der Waals surface area contributed by atoms with E-state index in [1.807, 2.05) is 18.2 Å². The summed E-state index contributed by atoms with van der Waals surface area (Å²) in [5.74, 6) is 0.592. The standard InChI is InChI=1S/C24H18N4O3S/c1-30-16-7-3-5-14(9-16)10-20-23(29)28-22(27)18(12-25)21(19(13-26)24(28)32-20)15-6-4-8-17(11-15)31-2/h3-11,21H,27H2,1-2H3/t21-/m1/s1. The number of fused-ring (bicyclic) bond motifs is 1. The van der Waals surface area contributed by atoms with Gasteiger partial charge in [-0.05, 0) is 41.5 Å². The summed E-state index contributed by atoms with van der Waals surface area (Å²) in [6.45, 7) is 0. The predicted octanol–water partition coefficient (Wildman–Crippen LogP) is 1.88. The summed E-state index contributed by atoms with van der Waals surface area (Å²) in [4.78, 5) is 13.2. The fourth-order valence-corrected chi connectivity index (χ4v) is 4.82. The highest BCUT2D eigenvalue weighted by atomic mass is 32.1. The van der Waals surface area contributed by atoms with Crippen molar-refractivity contribution < 1.29 is 9.47 Å². The zero-order valence-electron chi connectivity index (χ0n) is 17.3. The Bertz CT molecular complexity index is 1520. The molecule has 3 aromatic rings. The minimum atomic E-state index is -0.692. The highest BCUT2D eigenvalue weighted by molar-refractivity contribution is 7.07. The number of methoxy groups -OCH3 is 2. The van der Waals surface area contributed by atoms with E-state index in [9.17, 15) is 15.3 Å².